The summed E-state index contributed by atoms with van der Waals surface area (Å²) < 4.78 is 4.39. The fourth-order valence-electron chi connectivity index (χ4n) is 0.897. The topological polar surface area (TPSA) is 75.7 Å². The van der Waals surface area contributed by atoms with Crippen LogP contribution in [0.1, 0.15) is 0 Å². The number of esters is 1. The molecule has 0 aliphatic heterocycles. The Morgan fingerprint density at radius 3 is 2.64 bits per heavy atom. The van der Waals surface area contributed by atoms with Crippen LogP contribution >= 0.6 is 0 Å². The van der Waals surface area contributed by atoms with Crippen LogP contribution in [-0.2, 0) is 36.3 Å². The average Bonchev–Trinajstić information content (AvgIpc) is 2.17. The van der Waals surface area contributed by atoms with Gasteiger partial charge in [-0.15, -0.1) is 0 Å². The van der Waals surface area contributed by atoms with Crippen molar-refractivity contribution in [3.8, 4) is 0 Å². The van der Waals surface area contributed by atoms with Crippen molar-refractivity contribution in [2.75, 3.05) is 7.11 Å². The van der Waals surface area contributed by atoms with Crippen LogP contribution in [0.4, 0.5) is 0 Å². The van der Waals surface area contributed by atoms with Gasteiger partial charge in [0.25, 0.3) is 0 Å². The molecule has 0 N–H and O–H groups in total. The second kappa shape index (κ2) is 5.72. The van der Waals surface area contributed by atoms with E-state index in [1.807, 2.05) is 0 Å². The van der Waals surface area contributed by atoms with E-state index in [0.29, 0.717) is 0 Å². The molecule has 0 aromatic heterocycles. The smallest absolute Gasteiger partial charge is 0.722 e. The normalized spacial score (nSPS) is 19.7. The number of ketones is 1. The minimum absolute atomic E-state index is 0. The minimum Gasteiger partial charge on any atom is -0.722 e. The third-order valence-corrected chi connectivity index (χ3v) is 1.56. The van der Waals surface area contributed by atoms with E-state index in [9.17, 15) is 14.8 Å². The molecule has 0 fully saturated rings. The molecule has 1 atom stereocenters. The molecule has 0 spiro atoms. The van der Waals surface area contributed by atoms with E-state index in [0.717, 1.165) is 12.2 Å². The quantitative estimate of drug-likeness (QED) is 0.267. The number of hydrogen-bond donors (Lipinski definition) is 0. The SMILES string of the molecule is COC(=O)C1=CC(O[O-])C(=O)C=C1.[Cu+]. The number of rotatable bonds is 2. The van der Waals surface area contributed by atoms with Crippen molar-refractivity contribution in [2.45, 2.75) is 6.10 Å². The molecule has 0 bridgehead atoms. The summed E-state index contributed by atoms with van der Waals surface area (Å²) in [5.41, 5.74) is 0.142. The molecule has 0 radical (unpaired) electrons. The first-order chi connectivity index (χ1) is 6.19. The molecule has 1 unspecified atom stereocenters. The van der Waals surface area contributed by atoms with Crippen LogP contribution in [0.3, 0.4) is 0 Å². The first-order valence-corrected chi connectivity index (χ1v) is 3.49. The Morgan fingerprint density at radius 1 is 1.50 bits per heavy atom. The van der Waals surface area contributed by atoms with Crippen molar-refractivity contribution < 1.29 is 41.5 Å². The molecule has 0 aromatic carbocycles. The maximum absolute atomic E-state index is 10.9. The molecule has 0 aromatic rings. The maximum Gasteiger partial charge on any atom is 1.00 e. The Hall–Kier alpha value is -0.941. The Kier molecular flexibility index (Phi) is 5.33. The molecule has 6 heteroatoms. The molecule has 0 heterocycles. The van der Waals surface area contributed by atoms with Crippen LogP contribution in [0.5, 0.6) is 0 Å². The molecule has 5 nitrogen and oxygen atoms in total. The zero-order valence-corrected chi connectivity index (χ0v) is 8.09. The molecule has 1 aliphatic carbocycles. The molecule has 0 saturated carbocycles. The van der Waals surface area contributed by atoms with Gasteiger partial charge in [-0.1, -0.05) is 0 Å². The Balaban J connectivity index is 0.00000169. The van der Waals surface area contributed by atoms with Crippen LogP contribution in [0.15, 0.2) is 23.8 Å². The van der Waals surface area contributed by atoms with E-state index in [2.05, 4.69) is 9.62 Å². The summed E-state index contributed by atoms with van der Waals surface area (Å²) in [6.07, 6.45) is 2.29. The third kappa shape index (κ3) is 2.78. The molecule has 14 heavy (non-hydrogen) atoms. The van der Waals surface area contributed by atoms with E-state index in [1.165, 1.54) is 13.2 Å². The summed E-state index contributed by atoms with van der Waals surface area (Å²) >= 11 is 0. The molecule has 0 saturated heterocycles. The summed E-state index contributed by atoms with van der Waals surface area (Å²) in [7, 11) is 1.21. The predicted molar refractivity (Wildman–Crippen MR) is 39.1 cm³/mol. The summed E-state index contributed by atoms with van der Waals surface area (Å²) in [6, 6.07) is 0. The summed E-state index contributed by atoms with van der Waals surface area (Å²) in [6.45, 7) is 0. The van der Waals surface area contributed by atoms with Crippen molar-refractivity contribution in [3.05, 3.63) is 23.8 Å². The van der Waals surface area contributed by atoms with Crippen molar-refractivity contribution in [1.29, 1.82) is 0 Å². The molecule has 1 aliphatic rings. The van der Waals surface area contributed by atoms with E-state index >= 15 is 0 Å². The van der Waals surface area contributed by atoms with Crippen molar-refractivity contribution in [3.63, 3.8) is 0 Å². The zero-order chi connectivity index (χ0) is 9.84. The van der Waals surface area contributed by atoms with Gasteiger partial charge >= 0.3 is 23.0 Å². The minimum atomic E-state index is -1.22. The maximum atomic E-state index is 10.9. The average molecular weight is 247 g/mol. The largest absolute Gasteiger partial charge is 1.00 e. The first kappa shape index (κ1) is 13.1. The first-order valence-electron chi connectivity index (χ1n) is 3.49. The van der Waals surface area contributed by atoms with Gasteiger partial charge in [-0.05, 0) is 18.2 Å². The number of methoxy groups -OCH3 is 1. The van der Waals surface area contributed by atoms with Gasteiger partial charge in [0.15, 0.2) is 5.78 Å². The Morgan fingerprint density at radius 2 is 2.14 bits per heavy atom. The summed E-state index contributed by atoms with van der Waals surface area (Å²) in [5.74, 6) is -1.09. The molecular formula is C8H7CuO5. The Labute approximate surface area is 90.8 Å². The molecular weight excluding hydrogens is 240 g/mol. The molecule has 0 amide bonds. The van der Waals surface area contributed by atoms with E-state index in [-0.39, 0.29) is 22.6 Å². The predicted octanol–water partition coefficient (Wildman–Crippen LogP) is -1.12. The second-order valence-electron chi connectivity index (χ2n) is 2.37. The van der Waals surface area contributed by atoms with Gasteiger partial charge in [0.1, 0.15) is 6.10 Å². The van der Waals surface area contributed by atoms with Crippen molar-refractivity contribution in [1.82, 2.24) is 0 Å². The van der Waals surface area contributed by atoms with Gasteiger partial charge in [0, 0.05) is 0 Å². The van der Waals surface area contributed by atoms with E-state index in [1.54, 1.807) is 0 Å². The fraction of sp³-hybridized carbons (Fsp3) is 0.250. The van der Waals surface area contributed by atoms with Crippen LogP contribution in [-0.4, -0.2) is 25.0 Å². The molecule has 1 rings (SSSR count). The fourth-order valence-corrected chi connectivity index (χ4v) is 0.897. The van der Waals surface area contributed by atoms with Crippen LogP contribution in [0.25, 0.3) is 0 Å². The van der Waals surface area contributed by atoms with Gasteiger partial charge in [0.2, 0.25) is 0 Å². The van der Waals surface area contributed by atoms with Gasteiger partial charge in [-0.3, -0.25) is 4.79 Å². The van der Waals surface area contributed by atoms with E-state index < -0.39 is 17.9 Å². The monoisotopic (exact) mass is 246 g/mol. The van der Waals surface area contributed by atoms with Crippen molar-refractivity contribution in [2.24, 2.45) is 0 Å². The summed E-state index contributed by atoms with van der Waals surface area (Å²) in [5, 5.41) is 10.0. The van der Waals surface area contributed by atoms with Crippen LogP contribution < -0.4 is 5.26 Å². The van der Waals surface area contributed by atoms with Crippen molar-refractivity contribution >= 4 is 11.8 Å². The zero-order valence-electron chi connectivity index (χ0n) is 7.15. The molecule has 80 valence electrons. The van der Waals surface area contributed by atoms with Gasteiger partial charge < -0.3 is 14.9 Å². The third-order valence-electron chi connectivity index (χ3n) is 1.56. The Bertz CT molecular complexity index is 294. The van der Waals surface area contributed by atoms with Crippen LogP contribution in [0, 0.1) is 0 Å². The van der Waals surface area contributed by atoms with Gasteiger partial charge in [-0.25, -0.2) is 4.79 Å². The second-order valence-corrected chi connectivity index (χ2v) is 2.37. The van der Waals surface area contributed by atoms with Gasteiger partial charge in [0.05, 0.1) is 12.7 Å². The van der Waals surface area contributed by atoms with Gasteiger partial charge in [-0.2, -0.15) is 0 Å². The number of carbonyl (C=O) groups excluding carboxylic acids is 2. The number of carbonyl (C=O) groups is 2. The van der Waals surface area contributed by atoms with Crippen LogP contribution in [0.2, 0.25) is 0 Å². The number of hydrogen-bond acceptors (Lipinski definition) is 5. The van der Waals surface area contributed by atoms with E-state index in [4.69, 9.17) is 0 Å². The standard InChI is InChI=1S/C8H8O5.Cu/c1-12-8(10)5-2-3-6(9)7(4-5)13-11;/h2-4,7,11H,1H3;/q;+1/p-1. The summed E-state index contributed by atoms with van der Waals surface area (Å²) in [4.78, 5) is 25.4. The number of ether oxygens (including phenoxy) is 1.